The fourth-order valence-electron chi connectivity index (χ4n) is 4.02. The van der Waals surface area contributed by atoms with E-state index in [9.17, 15) is 4.79 Å². The van der Waals surface area contributed by atoms with Gasteiger partial charge in [0.25, 0.3) is 0 Å². The fourth-order valence-corrected chi connectivity index (χ4v) is 4.15. The molecule has 1 aliphatic carbocycles. The van der Waals surface area contributed by atoms with Gasteiger partial charge in [0.15, 0.2) is 0 Å². The first-order valence-electron chi connectivity index (χ1n) is 10.1. The van der Waals surface area contributed by atoms with Crippen LogP contribution < -0.4 is 5.32 Å². The average molecular weight is 405 g/mol. The average Bonchev–Trinajstić information content (AvgIpc) is 3.57. The predicted octanol–water partition coefficient (Wildman–Crippen LogP) is 5.30. The molecular weight excluding hydrogens is 380 g/mol. The van der Waals surface area contributed by atoms with E-state index in [0.717, 1.165) is 29.8 Å². The Morgan fingerprint density at radius 1 is 1.07 bits per heavy atom. The molecule has 1 fully saturated rings. The number of pyridine rings is 1. The van der Waals surface area contributed by atoms with Crippen LogP contribution in [0.1, 0.15) is 42.4 Å². The first kappa shape index (κ1) is 19.7. The largest absolute Gasteiger partial charge is 0.352 e. The maximum absolute atomic E-state index is 13.2. The van der Waals surface area contributed by atoms with Crippen LogP contribution in [0.15, 0.2) is 79.1 Å². The van der Waals surface area contributed by atoms with E-state index in [1.165, 1.54) is 11.1 Å². The Hall–Kier alpha value is -2.65. The number of rotatable bonds is 7. The standard InChI is InChI=1S/C25H25ClN2O/c1-18(28-24(29)25(13-14-25)21-8-5-15-27-17-21)23(20-6-3-2-4-7-20)16-19-9-11-22(26)12-10-19/h2-12,15,17-18,23H,13-14,16H2,1H3,(H,28,29). The lowest BCUT2D eigenvalue weighted by Crippen LogP contribution is -2.43. The van der Waals surface area contributed by atoms with Gasteiger partial charge < -0.3 is 5.32 Å². The zero-order valence-electron chi connectivity index (χ0n) is 16.5. The van der Waals surface area contributed by atoms with Gasteiger partial charge in [0.1, 0.15) is 0 Å². The SMILES string of the molecule is CC(NC(=O)C1(c2cccnc2)CC1)C(Cc1ccc(Cl)cc1)c1ccccc1. The summed E-state index contributed by atoms with van der Waals surface area (Å²) in [6.45, 7) is 2.10. The quantitative estimate of drug-likeness (QED) is 0.580. The van der Waals surface area contributed by atoms with Crippen LogP contribution in [-0.4, -0.2) is 16.9 Å². The first-order valence-corrected chi connectivity index (χ1v) is 10.5. The number of hydrogen-bond donors (Lipinski definition) is 1. The minimum absolute atomic E-state index is 0.00488. The van der Waals surface area contributed by atoms with Gasteiger partial charge in [-0.1, -0.05) is 60.1 Å². The lowest BCUT2D eigenvalue weighted by atomic mass is 9.86. The summed E-state index contributed by atoms with van der Waals surface area (Å²) in [6.07, 6.45) is 6.16. The molecule has 1 saturated carbocycles. The Labute approximate surface area is 177 Å². The van der Waals surface area contributed by atoms with Crippen molar-refractivity contribution < 1.29 is 4.79 Å². The van der Waals surface area contributed by atoms with Gasteiger partial charge >= 0.3 is 0 Å². The van der Waals surface area contributed by atoms with E-state index in [4.69, 9.17) is 11.6 Å². The lowest BCUT2D eigenvalue weighted by Gasteiger charge is -2.28. The van der Waals surface area contributed by atoms with Crippen LogP contribution in [0.2, 0.25) is 5.02 Å². The van der Waals surface area contributed by atoms with Crippen molar-refractivity contribution in [2.45, 2.75) is 43.6 Å². The number of nitrogens with one attached hydrogen (secondary N) is 1. The number of carbonyl (C=O) groups excluding carboxylic acids is 1. The predicted molar refractivity (Wildman–Crippen MR) is 117 cm³/mol. The van der Waals surface area contributed by atoms with Gasteiger partial charge in [-0.3, -0.25) is 9.78 Å². The molecule has 0 radical (unpaired) electrons. The number of nitrogens with zero attached hydrogens (tertiary/aromatic N) is 1. The van der Waals surface area contributed by atoms with Gasteiger partial charge in [-0.15, -0.1) is 0 Å². The Morgan fingerprint density at radius 2 is 1.79 bits per heavy atom. The van der Waals surface area contributed by atoms with Crippen LogP contribution in [0.5, 0.6) is 0 Å². The second kappa shape index (κ2) is 8.38. The molecule has 0 spiro atoms. The molecule has 1 amide bonds. The van der Waals surface area contributed by atoms with E-state index >= 15 is 0 Å². The summed E-state index contributed by atoms with van der Waals surface area (Å²) in [5.74, 6) is 0.279. The van der Waals surface area contributed by atoms with E-state index in [2.05, 4.69) is 53.6 Å². The Kier molecular flexibility index (Phi) is 5.68. The van der Waals surface area contributed by atoms with E-state index in [-0.39, 0.29) is 17.9 Å². The molecule has 3 aromatic rings. The minimum Gasteiger partial charge on any atom is -0.352 e. The highest BCUT2D eigenvalue weighted by atomic mass is 35.5. The van der Waals surface area contributed by atoms with Crippen LogP contribution >= 0.6 is 11.6 Å². The highest BCUT2D eigenvalue weighted by Crippen LogP contribution is 2.48. The molecule has 29 heavy (non-hydrogen) atoms. The lowest BCUT2D eigenvalue weighted by molar-refractivity contribution is -0.124. The number of halogens is 1. The molecule has 0 aliphatic heterocycles. The van der Waals surface area contributed by atoms with E-state index in [1.807, 2.05) is 36.5 Å². The number of aromatic nitrogens is 1. The maximum Gasteiger partial charge on any atom is 0.230 e. The molecule has 1 aliphatic rings. The molecule has 2 unspecified atom stereocenters. The van der Waals surface area contributed by atoms with Crippen LogP contribution in [0.25, 0.3) is 0 Å². The van der Waals surface area contributed by atoms with Crippen LogP contribution in [-0.2, 0) is 16.6 Å². The normalized spacial score (nSPS) is 16.6. The smallest absolute Gasteiger partial charge is 0.230 e. The van der Waals surface area contributed by atoms with Crippen LogP contribution in [0, 0.1) is 0 Å². The number of amides is 1. The molecule has 2 atom stereocenters. The Bertz CT molecular complexity index is 953. The summed E-state index contributed by atoms with van der Waals surface area (Å²) < 4.78 is 0. The van der Waals surface area contributed by atoms with Gasteiger partial charge in [0.2, 0.25) is 5.91 Å². The van der Waals surface area contributed by atoms with Gasteiger partial charge in [-0.25, -0.2) is 0 Å². The Morgan fingerprint density at radius 3 is 2.41 bits per heavy atom. The second-order valence-corrected chi connectivity index (χ2v) is 8.37. The van der Waals surface area contributed by atoms with Crippen molar-refractivity contribution in [3.05, 3.63) is 101 Å². The molecular formula is C25H25ClN2O. The molecule has 1 N–H and O–H groups in total. The summed E-state index contributed by atoms with van der Waals surface area (Å²) in [5.41, 5.74) is 3.03. The molecule has 1 aromatic heterocycles. The van der Waals surface area contributed by atoms with Crippen LogP contribution in [0.4, 0.5) is 0 Å². The molecule has 4 rings (SSSR count). The van der Waals surface area contributed by atoms with Crippen molar-refractivity contribution in [2.75, 3.05) is 0 Å². The first-order chi connectivity index (χ1) is 14.1. The van der Waals surface area contributed by atoms with Gasteiger partial charge in [-0.2, -0.15) is 0 Å². The van der Waals surface area contributed by atoms with Gasteiger partial charge in [0, 0.05) is 29.4 Å². The topological polar surface area (TPSA) is 42.0 Å². The van der Waals surface area contributed by atoms with E-state index < -0.39 is 5.41 Å². The van der Waals surface area contributed by atoms with Gasteiger partial charge in [0.05, 0.1) is 5.41 Å². The third-order valence-electron chi connectivity index (χ3n) is 5.96. The molecule has 148 valence electrons. The number of benzene rings is 2. The molecule has 4 heteroatoms. The molecule has 0 bridgehead atoms. The van der Waals surface area contributed by atoms with Crippen molar-refractivity contribution in [3.63, 3.8) is 0 Å². The second-order valence-electron chi connectivity index (χ2n) is 7.93. The summed E-state index contributed by atoms with van der Waals surface area (Å²) >= 11 is 6.05. The zero-order chi connectivity index (χ0) is 20.3. The van der Waals surface area contributed by atoms with E-state index in [1.54, 1.807) is 6.20 Å². The van der Waals surface area contributed by atoms with Crippen LogP contribution in [0.3, 0.4) is 0 Å². The summed E-state index contributed by atoms with van der Waals surface area (Å²) in [4.78, 5) is 17.4. The van der Waals surface area contributed by atoms with Crippen molar-refractivity contribution in [1.29, 1.82) is 0 Å². The highest BCUT2D eigenvalue weighted by Gasteiger charge is 2.51. The number of hydrogen-bond acceptors (Lipinski definition) is 2. The maximum atomic E-state index is 13.2. The summed E-state index contributed by atoms with van der Waals surface area (Å²) in [5, 5.41) is 4.05. The highest BCUT2D eigenvalue weighted by molar-refractivity contribution is 6.30. The molecule has 2 aromatic carbocycles. The van der Waals surface area contributed by atoms with Crippen molar-refractivity contribution in [3.8, 4) is 0 Å². The van der Waals surface area contributed by atoms with Crippen molar-refractivity contribution in [2.24, 2.45) is 0 Å². The molecule has 0 saturated heterocycles. The zero-order valence-corrected chi connectivity index (χ0v) is 17.3. The third kappa shape index (κ3) is 4.35. The number of carbonyl (C=O) groups is 1. The van der Waals surface area contributed by atoms with Gasteiger partial charge in [-0.05, 0) is 61.1 Å². The summed E-state index contributed by atoms with van der Waals surface area (Å²) in [7, 11) is 0. The van der Waals surface area contributed by atoms with Crippen molar-refractivity contribution in [1.82, 2.24) is 10.3 Å². The van der Waals surface area contributed by atoms with E-state index in [0.29, 0.717) is 0 Å². The third-order valence-corrected chi connectivity index (χ3v) is 6.21. The minimum atomic E-state index is -0.413. The monoisotopic (exact) mass is 404 g/mol. The summed E-state index contributed by atoms with van der Waals surface area (Å²) in [6, 6.07) is 22.3. The fraction of sp³-hybridized carbons (Fsp3) is 0.280. The molecule has 1 heterocycles. The Balaban J connectivity index is 1.54. The molecule has 3 nitrogen and oxygen atoms in total. The van der Waals surface area contributed by atoms with Crippen molar-refractivity contribution >= 4 is 17.5 Å².